The summed E-state index contributed by atoms with van der Waals surface area (Å²) in [6.45, 7) is 11.5. The number of nitrogens with one attached hydrogen (secondary N) is 1. The molecule has 1 aromatic heterocycles. The number of para-hydroxylation sites is 1. The normalized spacial score (nSPS) is 19.2. The molecular formula is C22H34N6O. The molecule has 2 heterocycles. The Bertz CT molecular complexity index is 775. The number of aliphatic imine (C=N–C) groups is 1. The Morgan fingerprint density at radius 3 is 2.90 bits per heavy atom. The fourth-order valence-electron chi connectivity index (χ4n) is 3.70. The van der Waals surface area contributed by atoms with E-state index in [0.29, 0.717) is 12.1 Å². The Hall–Kier alpha value is -2.38. The standard InChI is InChI=1S/C22H34N6O/c1-5-23-22(24-13-18(2)27-11-12-29-17-19(27)3)26(4)15-20-14-25-28(16-20)21-9-7-6-8-10-21/h6-10,14,16,18-19H,5,11-13,15,17H2,1-4H3,(H,23,24). The number of rotatable bonds is 7. The molecule has 2 atom stereocenters. The summed E-state index contributed by atoms with van der Waals surface area (Å²) in [5, 5.41) is 7.92. The summed E-state index contributed by atoms with van der Waals surface area (Å²) < 4.78 is 7.47. The van der Waals surface area contributed by atoms with Crippen molar-refractivity contribution in [1.29, 1.82) is 0 Å². The molecule has 7 heteroatoms. The second-order valence-electron chi connectivity index (χ2n) is 7.69. The largest absolute Gasteiger partial charge is 0.379 e. The highest BCUT2D eigenvalue weighted by Gasteiger charge is 2.23. The first kappa shape index (κ1) is 21.3. The van der Waals surface area contributed by atoms with E-state index in [1.54, 1.807) is 0 Å². The van der Waals surface area contributed by atoms with E-state index in [9.17, 15) is 0 Å². The summed E-state index contributed by atoms with van der Waals surface area (Å²) in [6, 6.07) is 11.0. The van der Waals surface area contributed by atoms with Gasteiger partial charge in [-0.25, -0.2) is 4.68 Å². The summed E-state index contributed by atoms with van der Waals surface area (Å²) in [6.07, 6.45) is 4.00. The first-order chi connectivity index (χ1) is 14.1. The molecule has 158 valence electrons. The molecular weight excluding hydrogens is 364 g/mol. The molecule has 1 saturated heterocycles. The number of morpholine rings is 1. The van der Waals surface area contributed by atoms with Crippen molar-refractivity contribution >= 4 is 5.96 Å². The van der Waals surface area contributed by atoms with E-state index in [0.717, 1.165) is 56.6 Å². The highest BCUT2D eigenvalue weighted by molar-refractivity contribution is 5.79. The lowest BCUT2D eigenvalue weighted by Crippen LogP contribution is -2.49. The van der Waals surface area contributed by atoms with E-state index >= 15 is 0 Å². The number of guanidine groups is 1. The molecule has 2 aromatic rings. The Morgan fingerprint density at radius 1 is 1.38 bits per heavy atom. The van der Waals surface area contributed by atoms with Crippen LogP contribution >= 0.6 is 0 Å². The summed E-state index contributed by atoms with van der Waals surface area (Å²) in [5.41, 5.74) is 2.22. The molecule has 1 aliphatic heterocycles. The minimum Gasteiger partial charge on any atom is -0.379 e. The van der Waals surface area contributed by atoms with Crippen LogP contribution in [0.3, 0.4) is 0 Å². The van der Waals surface area contributed by atoms with Gasteiger partial charge in [0.05, 0.1) is 31.6 Å². The molecule has 1 N–H and O–H groups in total. The van der Waals surface area contributed by atoms with E-state index in [-0.39, 0.29) is 0 Å². The molecule has 0 aliphatic carbocycles. The third-order valence-electron chi connectivity index (χ3n) is 5.26. The number of ether oxygens (including phenoxy) is 1. The van der Waals surface area contributed by atoms with Gasteiger partial charge in [0.25, 0.3) is 0 Å². The van der Waals surface area contributed by atoms with Crippen molar-refractivity contribution in [3.05, 3.63) is 48.3 Å². The molecule has 1 aromatic carbocycles. The maximum Gasteiger partial charge on any atom is 0.194 e. The van der Waals surface area contributed by atoms with Crippen LogP contribution < -0.4 is 5.32 Å². The molecule has 29 heavy (non-hydrogen) atoms. The Labute approximate surface area is 174 Å². The van der Waals surface area contributed by atoms with Gasteiger partial charge in [0, 0.05) is 50.5 Å². The lowest BCUT2D eigenvalue weighted by Gasteiger charge is -2.37. The van der Waals surface area contributed by atoms with Crippen LogP contribution in [0.1, 0.15) is 26.3 Å². The van der Waals surface area contributed by atoms with Gasteiger partial charge in [0.1, 0.15) is 0 Å². The summed E-state index contributed by atoms with van der Waals surface area (Å²) in [5.74, 6) is 0.924. The number of hydrogen-bond donors (Lipinski definition) is 1. The maximum absolute atomic E-state index is 5.56. The van der Waals surface area contributed by atoms with Gasteiger partial charge in [0.2, 0.25) is 0 Å². The SMILES string of the molecule is CCNC(=NCC(C)N1CCOCC1C)N(C)Cc1cnn(-c2ccccc2)c1. The van der Waals surface area contributed by atoms with E-state index in [2.05, 4.69) is 66.4 Å². The number of hydrogen-bond acceptors (Lipinski definition) is 4. The van der Waals surface area contributed by atoms with Crippen molar-refractivity contribution in [2.75, 3.05) is 39.9 Å². The minimum atomic E-state index is 0.386. The van der Waals surface area contributed by atoms with Crippen LogP contribution in [0.15, 0.2) is 47.7 Å². The second-order valence-corrected chi connectivity index (χ2v) is 7.69. The van der Waals surface area contributed by atoms with Gasteiger partial charge in [-0.2, -0.15) is 5.10 Å². The van der Waals surface area contributed by atoms with Gasteiger partial charge in [0.15, 0.2) is 5.96 Å². The number of aromatic nitrogens is 2. The molecule has 1 aliphatic rings. The van der Waals surface area contributed by atoms with E-state index in [4.69, 9.17) is 9.73 Å². The van der Waals surface area contributed by atoms with Crippen molar-refractivity contribution in [3.63, 3.8) is 0 Å². The summed E-state index contributed by atoms with van der Waals surface area (Å²) in [4.78, 5) is 9.55. The number of benzene rings is 1. The van der Waals surface area contributed by atoms with Gasteiger partial charge < -0.3 is 15.0 Å². The second kappa shape index (κ2) is 10.4. The summed E-state index contributed by atoms with van der Waals surface area (Å²) >= 11 is 0. The van der Waals surface area contributed by atoms with Crippen molar-refractivity contribution in [2.45, 2.75) is 39.4 Å². The van der Waals surface area contributed by atoms with Crippen molar-refractivity contribution < 1.29 is 4.74 Å². The topological polar surface area (TPSA) is 57.9 Å². The van der Waals surface area contributed by atoms with Crippen LogP contribution in [0, 0.1) is 0 Å². The molecule has 3 rings (SSSR count). The average Bonchev–Trinajstić information content (AvgIpc) is 3.20. The smallest absolute Gasteiger partial charge is 0.194 e. The zero-order valence-corrected chi connectivity index (χ0v) is 18.1. The van der Waals surface area contributed by atoms with Crippen LogP contribution in [0.4, 0.5) is 0 Å². The van der Waals surface area contributed by atoms with Gasteiger partial charge in [-0.3, -0.25) is 9.89 Å². The van der Waals surface area contributed by atoms with Crippen molar-refractivity contribution in [1.82, 2.24) is 24.9 Å². The lowest BCUT2D eigenvalue weighted by molar-refractivity contribution is -0.0166. The highest BCUT2D eigenvalue weighted by atomic mass is 16.5. The highest BCUT2D eigenvalue weighted by Crippen LogP contribution is 2.12. The van der Waals surface area contributed by atoms with Crippen LogP contribution in [0.2, 0.25) is 0 Å². The molecule has 0 bridgehead atoms. The van der Waals surface area contributed by atoms with Crippen LogP contribution in [-0.2, 0) is 11.3 Å². The number of nitrogens with zero attached hydrogens (tertiary/aromatic N) is 5. The van der Waals surface area contributed by atoms with Crippen LogP contribution in [-0.4, -0.2) is 77.5 Å². The van der Waals surface area contributed by atoms with Gasteiger partial charge >= 0.3 is 0 Å². The zero-order chi connectivity index (χ0) is 20.6. The van der Waals surface area contributed by atoms with Gasteiger partial charge in [-0.1, -0.05) is 18.2 Å². The Kier molecular flexibility index (Phi) is 7.66. The lowest BCUT2D eigenvalue weighted by atomic mass is 10.2. The molecule has 0 amide bonds. The fraction of sp³-hybridized carbons (Fsp3) is 0.545. The molecule has 0 spiro atoms. The minimum absolute atomic E-state index is 0.386. The molecule has 7 nitrogen and oxygen atoms in total. The molecule has 2 unspecified atom stereocenters. The average molecular weight is 399 g/mol. The Balaban J connectivity index is 1.62. The predicted molar refractivity (Wildman–Crippen MR) is 117 cm³/mol. The maximum atomic E-state index is 5.56. The predicted octanol–water partition coefficient (Wildman–Crippen LogP) is 2.38. The quantitative estimate of drug-likeness (QED) is 0.573. The third-order valence-corrected chi connectivity index (χ3v) is 5.26. The van der Waals surface area contributed by atoms with Gasteiger partial charge in [-0.15, -0.1) is 0 Å². The van der Waals surface area contributed by atoms with E-state index in [1.807, 2.05) is 29.1 Å². The third kappa shape index (κ3) is 5.81. The molecule has 1 fully saturated rings. The van der Waals surface area contributed by atoms with Crippen molar-refractivity contribution in [3.8, 4) is 5.69 Å². The summed E-state index contributed by atoms with van der Waals surface area (Å²) in [7, 11) is 2.07. The van der Waals surface area contributed by atoms with E-state index in [1.165, 1.54) is 0 Å². The fourth-order valence-corrected chi connectivity index (χ4v) is 3.70. The molecule has 0 saturated carbocycles. The van der Waals surface area contributed by atoms with Crippen molar-refractivity contribution in [2.24, 2.45) is 4.99 Å². The van der Waals surface area contributed by atoms with E-state index < -0.39 is 0 Å². The first-order valence-corrected chi connectivity index (χ1v) is 10.5. The monoisotopic (exact) mass is 398 g/mol. The zero-order valence-electron chi connectivity index (χ0n) is 18.1. The van der Waals surface area contributed by atoms with Gasteiger partial charge in [-0.05, 0) is 32.9 Å². The first-order valence-electron chi connectivity index (χ1n) is 10.5. The molecule has 0 radical (unpaired) electrons. The van der Waals surface area contributed by atoms with Crippen LogP contribution in [0.25, 0.3) is 5.69 Å². The Morgan fingerprint density at radius 2 is 2.17 bits per heavy atom. The van der Waals surface area contributed by atoms with Crippen LogP contribution in [0.5, 0.6) is 0 Å².